The van der Waals surface area contributed by atoms with Crippen LogP contribution in [0.5, 0.6) is 0 Å². The van der Waals surface area contributed by atoms with E-state index in [1.807, 2.05) is 13.8 Å². The first-order valence-electron chi connectivity index (χ1n) is 6.17. The van der Waals surface area contributed by atoms with Crippen LogP contribution in [-0.2, 0) is 4.79 Å². The summed E-state index contributed by atoms with van der Waals surface area (Å²) in [5.74, 6) is -0.493. The minimum Gasteiger partial charge on any atom is -0.367 e. The predicted molar refractivity (Wildman–Crippen MR) is 71.8 cm³/mol. The SMILES string of the molecule is CC(C)CNC(=O)C(C)NC(=O)c1c[nH]ccc1=O. The molecule has 0 aliphatic heterocycles. The summed E-state index contributed by atoms with van der Waals surface area (Å²) in [6.07, 6.45) is 2.76. The normalized spacial score (nSPS) is 12.0. The Morgan fingerprint density at radius 3 is 2.58 bits per heavy atom. The van der Waals surface area contributed by atoms with Crippen LogP contribution in [0.25, 0.3) is 0 Å². The molecule has 1 heterocycles. The topological polar surface area (TPSA) is 91.1 Å². The number of carbonyl (C=O) groups is 2. The van der Waals surface area contributed by atoms with Crippen LogP contribution in [0.4, 0.5) is 0 Å². The van der Waals surface area contributed by atoms with Gasteiger partial charge >= 0.3 is 0 Å². The van der Waals surface area contributed by atoms with E-state index >= 15 is 0 Å². The zero-order chi connectivity index (χ0) is 14.4. The summed E-state index contributed by atoms with van der Waals surface area (Å²) in [5.41, 5.74) is -0.392. The molecule has 1 aromatic heterocycles. The highest BCUT2D eigenvalue weighted by Crippen LogP contribution is 1.92. The number of hydrogen-bond acceptors (Lipinski definition) is 3. The van der Waals surface area contributed by atoms with Crippen molar-refractivity contribution >= 4 is 11.8 Å². The molecule has 1 rings (SSSR count). The minimum atomic E-state index is -0.689. The molecule has 1 unspecified atom stereocenters. The van der Waals surface area contributed by atoms with E-state index in [4.69, 9.17) is 0 Å². The number of carbonyl (C=O) groups excluding carboxylic acids is 2. The molecule has 2 amide bonds. The van der Waals surface area contributed by atoms with Crippen molar-refractivity contribution in [2.24, 2.45) is 5.92 Å². The lowest BCUT2D eigenvalue weighted by atomic mass is 10.2. The van der Waals surface area contributed by atoms with E-state index in [0.717, 1.165) is 0 Å². The van der Waals surface area contributed by atoms with Gasteiger partial charge in [-0.3, -0.25) is 14.4 Å². The van der Waals surface area contributed by atoms with E-state index in [9.17, 15) is 14.4 Å². The van der Waals surface area contributed by atoms with Crippen molar-refractivity contribution in [3.8, 4) is 0 Å². The fraction of sp³-hybridized carbons (Fsp3) is 0.462. The van der Waals surface area contributed by atoms with Gasteiger partial charge in [-0.2, -0.15) is 0 Å². The van der Waals surface area contributed by atoms with Gasteiger partial charge in [-0.05, 0) is 12.8 Å². The van der Waals surface area contributed by atoms with Gasteiger partial charge in [0.25, 0.3) is 5.91 Å². The molecule has 0 saturated carbocycles. The molecule has 19 heavy (non-hydrogen) atoms. The molecule has 104 valence electrons. The summed E-state index contributed by atoms with van der Waals surface area (Å²) in [6, 6.07) is 0.573. The van der Waals surface area contributed by atoms with Crippen molar-refractivity contribution in [1.82, 2.24) is 15.6 Å². The summed E-state index contributed by atoms with van der Waals surface area (Å²) in [6.45, 7) is 6.08. The number of pyridine rings is 1. The molecule has 1 atom stereocenters. The Kier molecular flexibility index (Phi) is 5.29. The number of nitrogens with one attached hydrogen (secondary N) is 3. The molecule has 0 aliphatic carbocycles. The van der Waals surface area contributed by atoms with Crippen molar-refractivity contribution in [2.75, 3.05) is 6.54 Å². The first-order valence-corrected chi connectivity index (χ1v) is 6.17. The third-order valence-corrected chi connectivity index (χ3v) is 2.49. The molecule has 0 spiro atoms. The van der Waals surface area contributed by atoms with Crippen molar-refractivity contribution in [1.29, 1.82) is 0 Å². The zero-order valence-electron chi connectivity index (χ0n) is 11.3. The Balaban J connectivity index is 2.60. The lowest BCUT2D eigenvalue weighted by Crippen LogP contribution is -2.46. The van der Waals surface area contributed by atoms with Crippen LogP contribution >= 0.6 is 0 Å². The largest absolute Gasteiger partial charge is 0.367 e. The van der Waals surface area contributed by atoms with Crippen molar-refractivity contribution in [2.45, 2.75) is 26.8 Å². The van der Waals surface area contributed by atoms with E-state index in [0.29, 0.717) is 12.5 Å². The van der Waals surface area contributed by atoms with Crippen molar-refractivity contribution in [3.63, 3.8) is 0 Å². The number of amides is 2. The molecule has 0 aromatic carbocycles. The van der Waals surface area contributed by atoms with Crippen LogP contribution in [0.1, 0.15) is 31.1 Å². The fourth-order valence-corrected chi connectivity index (χ4v) is 1.39. The second kappa shape index (κ2) is 6.72. The van der Waals surface area contributed by atoms with Gasteiger partial charge in [0.1, 0.15) is 11.6 Å². The van der Waals surface area contributed by atoms with E-state index in [-0.39, 0.29) is 16.9 Å². The van der Waals surface area contributed by atoms with Crippen molar-refractivity contribution in [3.05, 3.63) is 34.2 Å². The monoisotopic (exact) mass is 265 g/mol. The molecule has 0 radical (unpaired) electrons. The highest BCUT2D eigenvalue weighted by molar-refractivity contribution is 5.97. The molecule has 0 saturated heterocycles. The smallest absolute Gasteiger partial charge is 0.257 e. The Bertz CT molecular complexity index is 508. The summed E-state index contributed by atoms with van der Waals surface area (Å²) in [7, 11) is 0. The lowest BCUT2D eigenvalue weighted by Gasteiger charge is -2.14. The molecule has 0 bridgehead atoms. The maximum absolute atomic E-state index is 11.8. The van der Waals surface area contributed by atoms with E-state index in [1.165, 1.54) is 18.5 Å². The third kappa shape index (κ3) is 4.57. The maximum atomic E-state index is 11.8. The van der Waals surface area contributed by atoms with Crippen LogP contribution < -0.4 is 16.1 Å². The summed E-state index contributed by atoms with van der Waals surface area (Å²) >= 11 is 0. The van der Waals surface area contributed by atoms with E-state index in [2.05, 4.69) is 15.6 Å². The second-order valence-corrected chi connectivity index (χ2v) is 4.76. The third-order valence-electron chi connectivity index (χ3n) is 2.49. The van der Waals surface area contributed by atoms with Gasteiger partial charge in [-0.25, -0.2) is 0 Å². The Hall–Kier alpha value is -2.11. The summed E-state index contributed by atoms with van der Waals surface area (Å²) in [5, 5.41) is 5.20. The molecule has 3 N–H and O–H groups in total. The minimum absolute atomic E-state index is 0.00832. The number of aromatic amines is 1. The van der Waals surface area contributed by atoms with Gasteiger partial charge in [-0.1, -0.05) is 13.8 Å². The second-order valence-electron chi connectivity index (χ2n) is 4.76. The van der Waals surface area contributed by atoms with Crippen LogP contribution in [0, 0.1) is 5.92 Å². The first kappa shape index (κ1) is 14.9. The van der Waals surface area contributed by atoms with E-state index < -0.39 is 11.9 Å². The summed E-state index contributed by atoms with van der Waals surface area (Å²) < 4.78 is 0. The zero-order valence-corrected chi connectivity index (χ0v) is 11.3. The Morgan fingerprint density at radius 2 is 2.00 bits per heavy atom. The van der Waals surface area contributed by atoms with Gasteiger partial charge in [0.2, 0.25) is 5.91 Å². The van der Waals surface area contributed by atoms with Gasteiger partial charge in [0.15, 0.2) is 5.43 Å². The highest BCUT2D eigenvalue weighted by atomic mass is 16.2. The lowest BCUT2D eigenvalue weighted by molar-refractivity contribution is -0.122. The standard InChI is InChI=1S/C13H19N3O3/c1-8(2)6-15-12(18)9(3)16-13(19)10-7-14-5-4-11(10)17/h4-5,7-9H,6H2,1-3H3,(H,14,17)(H,15,18)(H,16,19). The van der Waals surface area contributed by atoms with Gasteiger partial charge < -0.3 is 15.6 Å². The molecule has 6 heteroatoms. The van der Waals surface area contributed by atoms with Gasteiger partial charge in [-0.15, -0.1) is 0 Å². The van der Waals surface area contributed by atoms with Crippen LogP contribution in [0.3, 0.4) is 0 Å². The highest BCUT2D eigenvalue weighted by Gasteiger charge is 2.17. The number of aromatic nitrogens is 1. The van der Waals surface area contributed by atoms with Crippen LogP contribution in [-0.4, -0.2) is 29.4 Å². The molecule has 0 fully saturated rings. The quantitative estimate of drug-likeness (QED) is 0.713. The van der Waals surface area contributed by atoms with Crippen LogP contribution in [0.15, 0.2) is 23.3 Å². The summed E-state index contributed by atoms with van der Waals surface area (Å²) in [4.78, 5) is 37.6. The number of H-pyrrole nitrogens is 1. The molecular formula is C13H19N3O3. The molecular weight excluding hydrogens is 246 g/mol. The molecule has 1 aromatic rings. The maximum Gasteiger partial charge on any atom is 0.257 e. The average molecular weight is 265 g/mol. The number of hydrogen-bond donors (Lipinski definition) is 3. The Labute approximate surface area is 111 Å². The molecule has 0 aliphatic rings. The fourth-order valence-electron chi connectivity index (χ4n) is 1.39. The van der Waals surface area contributed by atoms with Gasteiger partial charge in [0, 0.05) is 25.0 Å². The van der Waals surface area contributed by atoms with Crippen LogP contribution in [0.2, 0.25) is 0 Å². The van der Waals surface area contributed by atoms with Gasteiger partial charge in [0.05, 0.1) is 0 Å². The molecule has 6 nitrogen and oxygen atoms in total. The number of rotatable bonds is 5. The average Bonchev–Trinajstić information content (AvgIpc) is 2.36. The predicted octanol–water partition coefficient (Wildman–Crippen LogP) is 0.265. The van der Waals surface area contributed by atoms with E-state index in [1.54, 1.807) is 6.92 Å². The first-order chi connectivity index (χ1) is 8.91. The van der Waals surface area contributed by atoms with Crippen molar-refractivity contribution < 1.29 is 9.59 Å². The Morgan fingerprint density at radius 1 is 1.32 bits per heavy atom.